The lowest BCUT2D eigenvalue weighted by Gasteiger charge is -2.08. The number of hydrogen-bond donors (Lipinski definition) is 2. The van der Waals surface area contributed by atoms with Gasteiger partial charge in [-0.3, -0.25) is 4.68 Å². The molecule has 2 N–H and O–H groups in total. The summed E-state index contributed by atoms with van der Waals surface area (Å²) < 4.78 is 1.69. The fourth-order valence-corrected chi connectivity index (χ4v) is 1.80. The van der Waals surface area contributed by atoms with Gasteiger partial charge in [-0.25, -0.2) is 0 Å². The highest BCUT2D eigenvalue weighted by molar-refractivity contribution is 6.30. The summed E-state index contributed by atoms with van der Waals surface area (Å²) in [5, 5.41) is 17.4. The van der Waals surface area contributed by atoms with Crippen LogP contribution in [0.3, 0.4) is 0 Å². The van der Waals surface area contributed by atoms with E-state index in [2.05, 4.69) is 24.3 Å². The van der Waals surface area contributed by atoms with Crippen LogP contribution in [0.25, 0.3) is 0 Å². The highest BCUT2D eigenvalue weighted by atomic mass is 35.5. The third kappa shape index (κ3) is 3.20. The molecule has 4 nitrogen and oxygen atoms in total. The van der Waals surface area contributed by atoms with E-state index in [1.54, 1.807) is 11.6 Å². The van der Waals surface area contributed by atoms with E-state index in [1.807, 2.05) is 7.05 Å². The van der Waals surface area contributed by atoms with Gasteiger partial charge in [0.15, 0.2) is 0 Å². The zero-order valence-corrected chi connectivity index (χ0v) is 11.0. The van der Waals surface area contributed by atoms with Crippen LogP contribution in [-0.4, -0.2) is 27.5 Å². The number of nitrogens with zero attached hydrogens (tertiary/aromatic N) is 2. The first-order valence-corrected chi connectivity index (χ1v) is 5.91. The van der Waals surface area contributed by atoms with Gasteiger partial charge in [-0.2, -0.15) is 5.10 Å². The van der Waals surface area contributed by atoms with E-state index in [4.69, 9.17) is 16.7 Å². The fraction of sp³-hybridized carbons (Fsp3) is 0.727. The summed E-state index contributed by atoms with van der Waals surface area (Å²) in [7, 11) is 1.84. The van der Waals surface area contributed by atoms with E-state index in [0.717, 1.165) is 11.3 Å². The van der Waals surface area contributed by atoms with Crippen LogP contribution in [0.5, 0.6) is 0 Å². The smallest absolute Gasteiger partial charge is 0.131 e. The van der Waals surface area contributed by atoms with Crippen LogP contribution in [0.4, 0.5) is 0 Å². The number of rotatable bonds is 5. The van der Waals surface area contributed by atoms with Crippen molar-refractivity contribution in [2.24, 2.45) is 7.05 Å². The molecule has 5 heteroatoms. The largest absolute Gasteiger partial charge is 0.392 e. The summed E-state index contributed by atoms with van der Waals surface area (Å²) in [4.78, 5) is 0. The molecule has 1 heterocycles. The van der Waals surface area contributed by atoms with Crippen LogP contribution < -0.4 is 5.32 Å². The van der Waals surface area contributed by atoms with Crippen molar-refractivity contribution in [3.8, 4) is 0 Å². The Hall–Kier alpha value is -0.580. The fourth-order valence-electron chi connectivity index (χ4n) is 1.60. The second kappa shape index (κ2) is 5.66. The third-order valence-corrected chi connectivity index (χ3v) is 2.86. The normalized spacial score (nSPS) is 13.4. The van der Waals surface area contributed by atoms with Crippen molar-refractivity contribution >= 4 is 11.6 Å². The van der Waals surface area contributed by atoms with Gasteiger partial charge in [-0.15, -0.1) is 0 Å². The zero-order chi connectivity index (χ0) is 12.3. The Morgan fingerprint density at radius 2 is 2.06 bits per heavy atom. The Morgan fingerprint density at radius 1 is 1.44 bits per heavy atom. The molecule has 1 aromatic heterocycles. The van der Waals surface area contributed by atoms with E-state index >= 15 is 0 Å². The zero-order valence-electron chi connectivity index (χ0n) is 10.3. The van der Waals surface area contributed by atoms with Crippen molar-refractivity contribution in [1.82, 2.24) is 15.1 Å². The molecule has 0 saturated heterocycles. The molecule has 0 radical (unpaired) electrons. The van der Waals surface area contributed by atoms with Gasteiger partial charge in [0.2, 0.25) is 0 Å². The van der Waals surface area contributed by atoms with Crippen LogP contribution in [0.15, 0.2) is 0 Å². The van der Waals surface area contributed by atoms with Crippen LogP contribution >= 0.6 is 11.6 Å². The lowest BCUT2D eigenvalue weighted by Crippen LogP contribution is -2.24. The molecule has 0 bridgehead atoms. The quantitative estimate of drug-likeness (QED) is 0.830. The van der Waals surface area contributed by atoms with Crippen molar-refractivity contribution in [2.45, 2.75) is 39.3 Å². The lowest BCUT2D eigenvalue weighted by atomic mass is 10.1. The predicted molar refractivity (Wildman–Crippen MR) is 65.7 cm³/mol. The minimum Gasteiger partial charge on any atom is -0.392 e. The Bertz CT molecular complexity index is 347. The van der Waals surface area contributed by atoms with Crippen LogP contribution in [-0.2, 0) is 13.6 Å². The summed E-state index contributed by atoms with van der Waals surface area (Å²) >= 11 is 6.17. The SMILES string of the molecule is CC(C)c1nn(C)c(Cl)c1CNC[C@H](C)O. The molecule has 1 rings (SSSR count). The Morgan fingerprint density at radius 3 is 2.56 bits per heavy atom. The first-order valence-electron chi connectivity index (χ1n) is 5.53. The molecule has 16 heavy (non-hydrogen) atoms. The van der Waals surface area contributed by atoms with Gasteiger partial charge in [0.05, 0.1) is 11.8 Å². The molecule has 0 saturated carbocycles. The average molecular weight is 246 g/mol. The number of aromatic nitrogens is 2. The van der Waals surface area contributed by atoms with E-state index in [0.29, 0.717) is 24.2 Å². The standard InChI is InChI=1S/C11H20ClN3O/c1-7(2)10-9(6-13-5-8(3)16)11(12)15(4)14-10/h7-8,13,16H,5-6H2,1-4H3/t8-/m0/s1. The topological polar surface area (TPSA) is 50.1 Å². The second-order valence-electron chi connectivity index (χ2n) is 4.41. The molecule has 0 aromatic carbocycles. The van der Waals surface area contributed by atoms with Crippen molar-refractivity contribution in [3.05, 3.63) is 16.4 Å². The molecule has 0 spiro atoms. The molecule has 0 unspecified atom stereocenters. The molecule has 0 amide bonds. The van der Waals surface area contributed by atoms with Crippen LogP contribution in [0.1, 0.15) is 37.9 Å². The molecule has 0 aliphatic rings. The highest BCUT2D eigenvalue weighted by Gasteiger charge is 2.16. The summed E-state index contributed by atoms with van der Waals surface area (Å²) in [6.07, 6.45) is -0.349. The first-order chi connectivity index (χ1) is 7.43. The van der Waals surface area contributed by atoms with Gasteiger partial charge in [0, 0.05) is 25.7 Å². The van der Waals surface area contributed by atoms with E-state index in [9.17, 15) is 0 Å². The van der Waals surface area contributed by atoms with Gasteiger partial charge in [-0.1, -0.05) is 25.4 Å². The van der Waals surface area contributed by atoms with Crippen molar-refractivity contribution in [2.75, 3.05) is 6.54 Å². The maximum atomic E-state index is 9.17. The molecule has 0 aliphatic heterocycles. The number of hydrogen-bond acceptors (Lipinski definition) is 3. The minimum atomic E-state index is -0.349. The molecule has 0 aliphatic carbocycles. The summed E-state index contributed by atoms with van der Waals surface area (Å²) in [5.41, 5.74) is 2.05. The minimum absolute atomic E-state index is 0.349. The number of aliphatic hydroxyl groups is 1. The van der Waals surface area contributed by atoms with E-state index in [-0.39, 0.29) is 6.10 Å². The molecular formula is C11H20ClN3O. The number of halogens is 1. The van der Waals surface area contributed by atoms with Gasteiger partial charge in [0.25, 0.3) is 0 Å². The van der Waals surface area contributed by atoms with Crippen LogP contribution in [0.2, 0.25) is 5.15 Å². The van der Waals surface area contributed by atoms with Crippen LogP contribution in [0, 0.1) is 0 Å². The second-order valence-corrected chi connectivity index (χ2v) is 4.77. The molecule has 0 fully saturated rings. The monoisotopic (exact) mass is 245 g/mol. The van der Waals surface area contributed by atoms with Crippen molar-refractivity contribution in [3.63, 3.8) is 0 Å². The summed E-state index contributed by atoms with van der Waals surface area (Å²) in [5.74, 6) is 0.349. The number of nitrogens with one attached hydrogen (secondary N) is 1. The summed E-state index contributed by atoms with van der Waals surface area (Å²) in [6, 6.07) is 0. The first kappa shape index (κ1) is 13.5. The predicted octanol–water partition coefficient (Wildman–Crippen LogP) is 1.67. The van der Waals surface area contributed by atoms with Gasteiger partial charge in [0.1, 0.15) is 5.15 Å². The lowest BCUT2D eigenvalue weighted by molar-refractivity contribution is 0.191. The van der Waals surface area contributed by atoms with E-state index < -0.39 is 0 Å². The number of aliphatic hydroxyl groups excluding tert-OH is 1. The average Bonchev–Trinajstić information content (AvgIpc) is 2.45. The maximum absolute atomic E-state index is 9.17. The third-order valence-electron chi connectivity index (χ3n) is 2.39. The maximum Gasteiger partial charge on any atom is 0.131 e. The Balaban J connectivity index is 2.77. The summed E-state index contributed by atoms with van der Waals surface area (Å²) in [6.45, 7) is 7.14. The molecule has 1 aromatic rings. The van der Waals surface area contributed by atoms with Crippen molar-refractivity contribution < 1.29 is 5.11 Å². The molecule has 1 atom stereocenters. The highest BCUT2D eigenvalue weighted by Crippen LogP contribution is 2.24. The Labute approximate surface area is 102 Å². The molecular weight excluding hydrogens is 226 g/mol. The van der Waals surface area contributed by atoms with E-state index in [1.165, 1.54) is 0 Å². The van der Waals surface area contributed by atoms with Gasteiger partial charge < -0.3 is 10.4 Å². The number of aryl methyl sites for hydroxylation is 1. The van der Waals surface area contributed by atoms with Gasteiger partial charge >= 0.3 is 0 Å². The van der Waals surface area contributed by atoms with Crippen molar-refractivity contribution in [1.29, 1.82) is 0 Å². The Kier molecular flexibility index (Phi) is 4.77. The van der Waals surface area contributed by atoms with Gasteiger partial charge in [-0.05, 0) is 12.8 Å². The molecule has 92 valence electrons.